The Bertz CT molecular complexity index is 928. The van der Waals surface area contributed by atoms with Gasteiger partial charge in [0, 0.05) is 35.2 Å². The van der Waals surface area contributed by atoms with Gasteiger partial charge in [0.05, 0.1) is 4.92 Å². The van der Waals surface area contributed by atoms with Gasteiger partial charge < -0.3 is 9.73 Å². The van der Waals surface area contributed by atoms with E-state index in [0.717, 1.165) is 22.6 Å². The Morgan fingerprint density at radius 2 is 2.04 bits per heavy atom. The smallest absolute Gasteiger partial charge is 0.271 e. The first-order valence-corrected chi connectivity index (χ1v) is 8.36. The van der Waals surface area contributed by atoms with E-state index in [2.05, 4.69) is 10.3 Å². The van der Waals surface area contributed by atoms with Crippen LogP contribution < -0.4 is 5.32 Å². The number of furan rings is 1. The number of carbonyl (C=O) groups is 1. The highest BCUT2D eigenvalue weighted by atomic mass is 32.1. The second kappa shape index (κ2) is 6.86. The van der Waals surface area contributed by atoms with E-state index in [1.54, 1.807) is 17.5 Å². The number of nitrogens with zero attached hydrogens (tertiary/aromatic N) is 2. The van der Waals surface area contributed by atoms with Crippen molar-refractivity contribution < 1.29 is 14.1 Å². The minimum absolute atomic E-state index is 0.0176. The van der Waals surface area contributed by atoms with Crippen LogP contribution in [-0.4, -0.2) is 15.8 Å². The maximum atomic E-state index is 12.2. The quantitative estimate of drug-likeness (QED) is 0.552. The molecule has 0 spiro atoms. The van der Waals surface area contributed by atoms with Crippen LogP contribution in [-0.2, 0) is 6.54 Å². The van der Waals surface area contributed by atoms with Gasteiger partial charge >= 0.3 is 0 Å². The number of nitrogens with one attached hydrogen (secondary N) is 1. The van der Waals surface area contributed by atoms with E-state index in [1.165, 1.54) is 23.5 Å². The lowest BCUT2D eigenvalue weighted by molar-refractivity contribution is -0.384. The molecule has 25 heavy (non-hydrogen) atoms. The van der Waals surface area contributed by atoms with Crippen molar-refractivity contribution in [1.29, 1.82) is 0 Å². The first kappa shape index (κ1) is 16.8. The third kappa shape index (κ3) is 3.74. The van der Waals surface area contributed by atoms with Crippen molar-refractivity contribution in [3.05, 3.63) is 68.6 Å². The maximum absolute atomic E-state index is 12.2. The average Bonchev–Trinajstić information content (AvgIpc) is 3.19. The summed E-state index contributed by atoms with van der Waals surface area (Å²) in [5, 5.41) is 15.8. The first-order valence-electron chi connectivity index (χ1n) is 7.48. The summed E-state index contributed by atoms with van der Waals surface area (Å²) in [5.41, 5.74) is 1.99. The van der Waals surface area contributed by atoms with Crippen LogP contribution in [0.4, 0.5) is 5.69 Å². The molecule has 2 heterocycles. The second-order valence-corrected chi connectivity index (χ2v) is 6.32. The first-order chi connectivity index (χ1) is 11.9. The third-order valence-electron chi connectivity index (χ3n) is 3.65. The normalized spacial score (nSPS) is 10.6. The molecule has 8 heteroatoms. The number of hydrogen-bond donors (Lipinski definition) is 1. The lowest BCUT2D eigenvalue weighted by atomic mass is 10.2. The number of non-ortho nitro benzene ring substituents is 1. The molecule has 0 radical (unpaired) electrons. The Hall–Kier alpha value is -3.00. The van der Waals surface area contributed by atoms with Crippen LogP contribution in [0.15, 0.2) is 40.1 Å². The number of carbonyl (C=O) groups excluding carboxylic acids is 1. The van der Waals surface area contributed by atoms with Crippen LogP contribution >= 0.6 is 11.3 Å². The standard InChI is InChI=1S/C17H15N3O4S/c1-10-7-13(11(2)24-10)8-18-16(21)15-9-25-17(19-15)12-3-5-14(6-4-12)20(22)23/h3-7,9H,8H2,1-2H3,(H,18,21). The van der Waals surface area contributed by atoms with Crippen molar-refractivity contribution in [2.24, 2.45) is 0 Å². The molecule has 0 saturated heterocycles. The van der Waals surface area contributed by atoms with Crippen LogP contribution in [0.25, 0.3) is 10.6 Å². The molecule has 0 aliphatic heterocycles. The molecule has 0 fully saturated rings. The molecule has 7 nitrogen and oxygen atoms in total. The zero-order valence-corrected chi connectivity index (χ0v) is 14.4. The summed E-state index contributed by atoms with van der Waals surface area (Å²) in [7, 11) is 0. The number of rotatable bonds is 5. The summed E-state index contributed by atoms with van der Waals surface area (Å²) in [4.78, 5) is 26.8. The van der Waals surface area contributed by atoms with E-state index in [1.807, 2.05) is 19.9 Å². The number of amides is 1. The third-order valence-corrected chi connectivity index (χ3v) is 4.54. The molecule has 3 aromatic rings. The molecule has 0 aliphatic rings. The average molecular weight is 357 g/mol. The van der Waals surface area contributed by atoms with Crippen LogP contribution in [0.1, 0.15) is 27.6 Å². The minimum atomic E-state index is -0.454. The largest absolute Gasteiger partial charge is 0.466 e. The van der Waals surface area contributed by atoms with Gasteiger partial charge in [-0.25, -0.2) is 4.98 Å². The van der Waals surface area contributed by atoms with Gasteiger partial charge in [-0.1, -0.05) is 0 Å². The van der Waals surface area contributed by atoms with Crippen molar-refractivity contribution in [3.8, 4) is 10.6 Å². The zero-order chi connectivity index (χ0) is 18.0. The molecule has 1 N–H and O–H groups in total. The Morgan fingerprint density at radius 1 is 1.32 bits per heavy atom. The fourth-order valence-corrected chi connectivity index (χ4v) is 3.17. The number of aryl methyl sites for hydroxylation is 2. The molecule has 3 rings (SSSR count). The van der Waals surface area contributed by atoms with Crippen LogP contribution in [0.2, 0.25) is 0 Å². The molecule has 0 atom stereocenters. The van der Waals surface area contributed by atoms with E-state index in [9.17, 15) is 14.9 Å². The Balaban J connectivity index is 1.69. The lowest BCUT2D eigenvalue weighted by Gasteiger charge is -2.01. The van der Waals surface area contributed by atoms with Gasteiger partial charge in [0.25, 0.3) is 11.6 Å². The van der Waals surface area contributed by atoms with Crippen molar-refractivity contribution in [3.63, 3.8) is 0 Å². The Kier molecular flexibility index (Phi) is 4.62. The van der Waals surface area contributed by atoms with E-state index >= 15 is 0 Å². The van der Waals surface area contributed by atoms with Gasteiger partial charge in [0.1, 0.15) is 22.2 Å². The van der Waals surface area contributed by atoms with E-state index in [0.29, 0.717) is 17.2 Å². The molecular formula is C17H15N3O4S. The second-order valence-electron chi connectivity index (χ2n) is 5.46. The molecule has 0 unspecified atom stereocenters. The molecule has 1 aromatic carbocycles. The van der Waals surface area contributed by atoms with Crippen molar-refractivity contribution in [1.82, 2.24) is 10.3 Å². The van der Waals surface area contributed by atoms with Crippen LogP contribution in [0.3, 0.4) is 0 Å². The number of benzene rings is 1. The van der Waals surface area contributed by atoms with Crippen molar-refractivity contribution in [2.45, 2.75) is 20.4 Å². The summed E-state index contributed by atoms with van der Waals surface area (Å²) >= 11 is 1.31. The fourth-order valence-electron chi connectivity index (χ4n) is 2.36. The molecule has 0 bridgehead atoms. The predicted molar refractivity (Wildman–Crippen MR) is 93.6 cm³/mol. The minimum Gasteiger partial charge on any atom is -0.466 e. The molecule has 2 aromatic heterocycles. The fraction of sp³-hybridized carbons (Fsp3) is 0.176. The van der Waals surface area contributed by atoms with Crippen LogP contribution in [0.5, 0.6) is 0 Å². The number of nitro benzene ring substituents is 1. The number of aromatic nitrogens is 1. The number of hydrogen-bond acceptors (Lipinski definition) is 6. The van der Waals surface area contributed by atoms with E-state index < -0.39 is 4.92 Å². The summed E-state index contributed by atoms with van der Waals surface area (Å²) in [5.74, 6) is 1.31. The van der Waals surface area contributed by atoms with Gasteiger partial charge in [-0.15, -0.1) is 11.3 Å². The highest BCUT2D eigenvalue weighted by Crippen LogP contribution is 2.25. The van der Waals surface area contributed by atoms with Crippen LogP contribution in [0, 0.1) is 24.0 Å². The summed E-state index contributed by atoms with van der Waals surface area (Å²) in [6.07, 6.45) is 0. The highest BCUT2D eigenvalue weighted by Gasteiger charge is 2.14. The molecule has 1 amide bonds. The molecule has 128 valence electrons. The van der Waals surface area contributed by atoms with Gasteiger partial charge in [-0.05, 0) is 32.0 Å². The molecule has 0 saturated carbocycles. The van der Waals surface area contributed by atoms with Crippen molar-refractivity contribution in [2.75, 3.05) is 0 Å². The highest BCUT2D eigenvalue weighted by molar-refractivity contribution is 7.13. The SMILES string of the molecule is Cc1cc(CNC(=O)c2csc(-c3ccc([N+](=O)[O-])cc3)n2)c(C)o1. The number of nitro groups is 1. The Labute approximate surface area is 147 Å². The van der Waals surface area contributed by atoms with E-state index in [4.69, 9.17) is 4.42 Å². The summed E-state index contributed by atoms with van der Waals surface area (Å²) in [6, 6.07) is 7.96. The van der Waals surface area contributed by atoms with Gasteiger partial charge in [-0.3, -0.25) is 14.9 Å². The lowest BCUT2D eigenvalue weighted by Crippen LogP contribution is -2.23. The maximum Gasteiger partial charge on any atom is 0.271 e. The summed E-state index contributed by atoms with van der Waals surface area (Å²) in [6.45, 7) is 4.08. The predicted octanol–water partition coefficient (Wildman–Crippen LogP) is 3.86. The van der Waals surface area contributed by atoms with Gasteiger partial charge in [0.2, 0.25) is 0 Å². The summed E-state index contributed by atoms with van der Waals surface area (Å²) < 4.78 is 5.43. The van der Waals surface area contributed by atoms with Gasteiger partial charge in [0.15, 0.2) is 0 Å². The molecular weight excluding hydrogens is 342 g/mol. The topological polar surface area (TPSA) is 98.3 Å². The van der Waals surface area contributed by atoms with Gasteiger partial charge in [-0.2, -0.15) is 0 Å². The zero-order valence-electron chi connectivity index (χ0n) is 13.6. The van der Waals surface area contributed by atoms with Crippen molar-refractivity contribution >= 4 is 22.9 Å². The van der Waals surface area contributed by atoms with E-state index in [-0.39, 0.29) is 11.6 Å². The monoisotopic (exact) mass is 357 g/mol. The number of thiazole rings is 1. The Morgan fingerprint density at radius 3 is 2.64 bits per heavy atom. The molecule has 0 aliphatic carbocycles.